The smallest absolute Gasteiger partial charge is 0.269 e. The van der Waals surface area contributed by atoms with Crippen LogP contribution in [-0.2, 0) is 0 Å². The Morgan fingerprint density at radius 3 is 2.74 bits per heavy atom. The summed E-state index contributed by atoms with van der Waals surface area (Å²) in [6.07, 6.45) is 1.05. The van der Waals surface area contributed by atoms with Crippen molar-refractivity contribution in [2.24, 2.45) is 0 Å². The Bertz CT molecular complexity index is 730. The normalized spacial score (nSPS) is 17.3. The number of nitrogens with zero attached hydrogens (tertiary/aromatic N) is 2. The molecule has 5 nitrogen and oxygen atoms in total. The largest absolute Gasteiger partial charge is 0.496 e. The molecule has 1 fully saturated rings. The molecular formula is C18H20N2O3. The van der Waals surface area contributed by atoms with Crippen molar-refractivity contribution in [3.8, 4) is 5.75 Å². The van der Waals surface area contributed by atoms with Crippen LogP contribution in [-0.4, -0.2) is 25.1 Å². The first-order chi connectivity index (χ1) is 11.1. The third kappa shape index (κ3) is 2.99. The van der Waals surface area contributed by atoms with Gasteiger partial charge in [0, 0.05) is 36.8 Å². The molecule has 1 heterocycles. The molecule has 0 saturated carbocycles. The highest BCUT2D eigenvalue weighted by molar-refractivity contribution is 5.58. The Morgan fingerprint density at radius 1 is 1.26 bits per heavy atom. The van der Waals surface area contributed by atoms with E-state index in [0.29, 0.717) is 5.92 Å². The van der Waals surface area contributed by atoms with Crippen LogP contribution >= 0.6 is 0 Å². The lowest BCUT2D eigenvalue weighted by molar-refractivity contribution is -0.384. The van der Waals surface area contributed by atoms with E-state index in [4.69, 9.17) is 4.74 Å². The fourth-order valence-corrected chi connectivity index (χ4v) is 3.34. The van der Waals surface area contributed by atoms with Gasteiger partial charge in [-0.2, -0.15) is 0 Å². The molecule has 3 rings (SSSR count). The highest BCUT2D eigenvalue weighted by atomic mass is 16.6. The maximum Gasteiger partial charge on any atom is 0.269 e. The zero-order valence-corrected chi connectivity index (χ0v) is 13.4. The minimum Gasteiger partial charge on any atom is -0.496 e. The van der Waals surface area contributed by atoms with Crippen molar-refractivity contribution < 1.29 is 9.66 Å². The molecular weight excluding hydrogens is 292 g/mol. The van der Waals surface area contributed by atoms with Crippen LogP contribution in [0.4, 0.5) is 11.4 Å². The van der Waals surface area contributed by atoms with Crippen LogP contribution in [0.5, 0.6) is 5.75 Å². The summed E-state index contributed by atoms with van der Waals surface area (Å²) in [7, 11) is 1.70. The molecule has 2 aromatic rings. The summed E-state index contributed by atoms with van der Waals surface area (Å²) in [4.78, 5) is 12.8. The average molecular weight is 312 g/mol. The molecule has 0 aromatic heterocycles. The van der Waals surface area contributed by atoms with E-state index in [9.17, 15) is 10.1 Å². The topological polar surface area (TPSA) is 55.6 Å². The minimum absolute atomic E-state index is 0.145. The van der Waals surface area contributed by atoms with Crippen molar-refractivity contribution in [2.45, 2.75) is 19.3 Å². The third-order valence-electron chi connectivity index (χ3n) is 4.50. The van der Waals surface area contributed by atoms with Crippen molar-refractivity contribution in [3.05, 3.63) is 63.7 Å². The molecule has 1 unspecified atom stereocenters. The molecule has 120 valence electrons. The van der Waals surface area contributed by atoms with E-state index < -0.39 is 0 Å². The average Bonchev–Trinajstić information content (AvgIpc) is 3.04. The number of rotatable bonds is 4. The van der Waals surface area contributed by atoms with Gasteiger partial charge in [-0.1, -0.05) is 18.2 Å². The minimum atomic E-state index is -0.349. The van der Waals surface area contributed by atoms with Crippen LogP contribution in [0.2, 0.25) is 0 Å². The van der Waals surface area contributed by atoms with E-state index in [1.54, 1.807) is 19.2 Å². The second-order valence-electron chi connectivity index (χ2n) is 5.90. The highest BCUT2D eigenvalue weighted by Crippen LogP contribution is 2.36. The number of hydrogen-bond acceptors (Lipinski definition) is 4. The van der Waals surface area contributed by atoms with Gasteiger partial charge in [0.25, 0.3) is 5.69 Å². The molecule has 0 radical (unpaired) electrons. The Kier molecular flexibility index (Phi) is 4.19. The van der Waals surface area contributed by atoms with Crippen LogP contribution in [0.15, 0.2) is 42.5 Å². The van der Waals surface area contributed by atoms with Crippen molar-refractivity contribution in [1.82, 2.24) is 0 Å². The molecule has 0 aliphatic carbocycles. The van der Waals surface area contributed by atoms with Gasteiger partial charge >= 0.3 is 0 Å². The van der Waals surface area contributed by atoms with Gasteiger partial charge in [0.15, 0.2) is 0 Å². The Balaban J connectivity index is 1.81. The summed E-state index contributed by atoms with van der Waals surface area (Å²) in [5.41, 5.74) is 3.40. The van der Waals surface area contributed by atoms with Crippen LogP contribution in [0, 0.1) is 17.0 Å². The number of nitro groups is 1. The number of ether oxygens (including phenoxy) is 1. The van der Waals surface area contributed by atoms with E-state index in [2.05, 4.69) is 11.0 Å². The van der Waals surface area contributed by atoms with Gasteiger partial charge in [0.05, 0.1) is 12.0 Å². The van der Waals surface area contributed by atoms with E-state index in [0.717, 1.165) is 36.5 Å². The quantitative estimate of drug-likeness (QED) is 0.634. The molecule has 0 bridgehead atoms. The first-order valence-corrected chi connectivity index (χ1v) is 7.73. The molecule has 0 N–H and O–H groups in total. The summed E-state index contributed by atoms with van der Waals surface area (Å²) in [5.74, 6) is 1.35. The van der Waals surface area contributed by atoms with Crippen LogP contribution in [0.1, 0.15) is 23.5 Å². The standard InChI is InChI=1S/C18H20N2O3/c1-13-11-15(20(21)22)7-8-17(13)19-10-9-14(12-19)16-5-3-4-6-18(16)23-2/h3-8,11,14H,9-10,12H2,1-2H3. The lowest BCUT2D eigenvalue weighted by Crippen LogP contribution is -2.20. The maximum atomic E-state index is 10.9. The Morgan fingerprint density at radius 2 is 2.04 bits per heavy atom. The second-order valence-corrected chi connectivity index (χ2v) is 5.90. The monoisotopic (exact) mass is 312 g/mol. The number of nitro benzene ring substituents is 1. The van der Waals surface area contributed by atoms with Gasteiger partial charge in [0.2, 0.25) is 0 Å². The van der Waals surface area contributed by atoms with Crippen LogP contribution < -0.4 is 9.64 Å². The van der Waals surface area contributed by atoms with Crippen LogP contribution in [0.3, 0.4) is 0 Å². The van der Waals surface area contributed by atoms with E-state index in [1.807, 2.05) is 31.2 Å². The number of aryl methyl sites for hydroxylation is 1. The van der Waals surface area contributed by atoms with Gasteiger partial charge < -0.3 is 9.64 Å². The Hall–Kier alpha value is -2.56. The number of benzene rings is 2. The number of para-hydroxylation sites is 1. The lowest BCUT2D eigenvalue weighted by atomic mass is 9.97. The van der Waals surface area contributed by atoms with E-state index >= 15 is 0 Å². The molecule has 1 aliphatic heterocycles. The van der Waals surface area contributed by atoms with Gasteiger partial charge in [-0.05, 0) is 36.6 Å². The number of anilines is 1. The zero-order chi connectivity index (χ0) is 16.4. The van der Waals surface area contributed by atoms with Crippen molar-refractivity contribution >= 4 is 11.4 Å². The maximum absolute atomic E-state index is 10.9. The molecule has 23 heavy (non-hydrogen) atoms. The van der Waals surface area contributed by atoms with Crippen molar-refractivity contribution in [2.75, 3.05) is 25.1 Å². The summed E-state index contributed by atoms with van der Waals surface area (Å²) >= 11 is 0. The van der Waals surface area contributed by atoms with Crippen LogP contribution in [0.25, 0.3) is 0 Å². The summed E-state index contributed by atoms with van der Waals surface area (Å²) in [6.45, 7) is 3.78. The summed E-state index contributed by atoms with van der Waals surface area (Å²) < 4.78 is 5.47. The number of methoxy groups -OCH3 is 1. The highest BCUT2D eigenvalue weighted by Gasteiger charge is 2.27. The van der Waals surface area contributed by atoms with Gasteiger partial charge in [-0.25, -0.2) is 0 Å². The summed E-state index contributed by atoms with van der Waals surface area (Å²) in [5, 5.41) is 10.9. The fourth-order valence-electron chi connectivity index (χ4n) is 3.34. The molecule has 1 atom stereocenters. The first kappa shape index (κ1) is 15.3. The predicted octanol–water partition coefficient (Wildman–Crippen LogP) is 3.91. The predicted molar refractivity (Wildman–Crippen MR) is 90.4 cm³/mol. The SMILES string of the molecule is COc1ccccc1C1CCN(c2ccc([N+](=O)[O-])cc2C)C1. The Labute approximate surface area is 135 Å². The van der Waals surface area contributed by atoms with E-state index in [1.165, 1.54) is 5.56 Å². The molecule has 1 saturated heterocycles. The molecule has 1 aliphatic rings. The lowest BCUT2D eigenvalue weighted by Gasteiger charge is -2.21. The number of hydrogen-bond donors (Lipinski definition) is 0. The number of non-ortho nitro benzene ring substituents is 1. The van der Waals surface area contributed by atoms with Crippen molar-refractivity contribution in [3.63, 3.8) is 0 Å². The zero-order valence-electron chi connectivity index (χ0n) is 13.4. The molecule has 5 heteroatoms. The third-order valence-corrected chi connectivity index (χ3v) is 4.50. The van der Waals surface area contributed by atoms with Crippen molar-refractivity contribution in [1.29, 1.82) is 0 Å². The molecule has 0 spiro atoms. The van der Waals surface area contributed by atoms with Gasteiger partial charge in [0.1, 0.15) is 5.75 Å². The molecule has 2 aromatic carbocycles. The second kappa shape index (κ2) is 6.28. The first-order valence-electron chi connectivity index (χ1n) is 7.73. The van der Waals surface area contributed by atoms with E-state index in [-0.39, 0.29) is 10.6 Å². The fraction of sp³-hybridized carbons (Fsp3) is 0.333. The van der Waals surface area contributed by atoms with Gasteiger partial charge in [-0.15, -0.1) is 0 Å². The van der Waals surface area contributed by atoms with Gasteiger partial charge in [-0.3, -0.25) is 10.1 Å². The molecule has 0 amide bonds. The summed E-state index contributed by atoms with van der Waals surface area (Å²) in [6, 6.07) is 13.2.